The van der Waals surface area contributed by atoms with Crippen LogP contribution in [0, 0.1) is 0 Å². The highest BCUT2D eigenvalue weighted by molar-refractivity contribution is 5.85. The number of aromatic amines is 1. The van der Waals surface area contributed by atoms with Gasteiger partial charge < -0.3 is 15.4 Å². The molecule has 16 heavy (non-hydrogen) atoms. The average molecular weight is 216 g/mol. The number of nitrogens with one attached hydrogen (secondary N) is 2. The molecule has 0 amide bonds. The summed E-state index contributed by atoms with van der Waals surface area (Å²) in [5, 5.41) is 14.0. The van der Waals surface area contributed by atoms with Crippen LogP contribution in [0.3, 0.4) is 0 Å². The Balaban J connectivity index is 2.18. The molecule has 0 saturated carbocycles. The molecular weight excluding hydrogens is 200 g/mol. The summed E-state index contributed by atoms with van der Waals surface area (Å²) in [6, 6.07) is 8.84. The van der Waals surface area contributed by atoms with E-state index in [2.05, 4.69) is 35.4 Å². The second-order valence-electron chi connectivity index (χ2n) is 4.53. The third kappa shape index (κ3) is 1.36. The maximum absolute atomic E-state index is 9.27. The fourth-order valence-corrected chi connectivity index (χ4v) is 2.67. The minimum Gasteiger partial charge on any atom is -0.395 e. The summed E-state index contributed by atoms with van der Waals surface area (Å²) in [7, 11) is 0. The van der Waals surface area contributed by atoms with Gasteiger partial charge >= 0.3 is 0 Å². The second-order valence-corrected chi connectivity index (χ2v) is 4.53. The van der Waals surface area contributed by atoms with Gasteiger partial charge in [-0.05, 0) is 25.0 Å². The summed E-state index contributed by atoms with van der Waals surface area (Å²) in [6.45, 7) is 2.33. The van der Waals surface area contributed by atoms with Crippen molar-refractivity contribution in [1.29, 1.82) is 0 Å². The van der Waals surface area contributed by atoms with Crippen LogP contribution in [0.1, 0.15) is 24.2 Å². The van der Waals surface area contributed by atoms with Gasteiger partial charge in [0, 0.05) is 28.7 Å². The highest BCUT2D eigenvalue weighted by atomic mass is 16.3. The number of aromatic nitrogens is 1. The number of rotatable bonds is 1. The van der Waals surface area contributed by atoms with Crippen molar-refractivity contribution >= 4 is 10.9 Å². The molecule has 2 heterocycles. The third-order valence-electron chi connectivity index (χ3n) is 3.44. The average Bonchev–Trinajstić information content (AvgIpc) is 2.68. The lowest BCUT2D eigenvalue weighted by Gasteiger charge is -2.27. The molecule has 1 aromatic heterocycles. The second kappa shape index (κ2) is 3.61. The van der Waals surface area contributed by atoms with Crippen molar-refractivity contribution in [3.05, 3.63) is 35.5 Å². The van der Waals surface area contributed by atoms with Gasteiger partial charge in [-0.2, -0.15) is 0 Å². The smallest absolute Gasteiger partial charge is 0.0588 e. The Bertz CT molecular complexity index is 518. The molecule has 84 valence electrons. The zero-order valence-corrected chi connectivity index (χ0v) is 9.33. The van der Waals surface area contributed by atoms with Crippen LogP contribution in [0.2, 0.25) is 0 Å². The lowest BCUT2D eigenvalue weighted by molar-refractivity contribution is 0.225. The Morgan fingerprint density at radius 2 is 2.19 bits per heavy atom. The molecule has 0 fully saturated rings. The molecule has 2 atom stereocenters. The van der Waals surface area contributed by atoms with Gasteiger partial charge in [0.05, 0.1) is 6.61 Å². The van der Waals surface area contributed by atoms with Crippen LogP contribution in [0.5, 0.6) is 0 Å². The zero-order chi connectivity index (χ0) is 11.1. The number of hydrogen-bond donors (Lipinski definition) is 3. The van der Waals surface area contributed by atoms with Gasteiger partial charge in [-0.1, -0.05) is 18.2 Å². The molecular formula is C13H16N2O. The van der Waals surface area contributed by atoms with Crippen LogP contribution in [-0.2, 0) is 6.42 Å². The molecule has 0 unspecified atom stereocenters. The standard InChI is InChI=1S/C13H16N2O/c1-8-13-11(6-9(7-16)14-8)10-4-2-3-5-12(10)15-13/h2-5,8-9,14-16H,6-7H2,1H3/t8-,9-/m1/s1. The molecule has 3 heteroatoms. The van der Waals surface area contributed by atoms with Gasteiger partial charge in [-0.3, -0.25) is 0 Å². The Labute approximate surface area is 94.5 Å². The van der Waals surface area contributed by atoms with E-state index in [1.807, 2.05) is 6.07 Å². The molecule has 0 bridgehead atoms. The SMILES string of the molecule is C[C@H]1N[C@@H](CO)Cc2c1[nH]c1ccccc21. The first-order valence-electron chi connectivity index (χ1n) is 5.76. The van der Waals surface area contributed by atoms with Gasteiger partial charge in [-0.25, -0.2) is 0 Å². The van der Waals surface area contributed by atoms with Crippen LogP contribution in [-0.4, -0.2) is 22.7 Å². The third-order valence-corrected chi connectivity index (χ3v) is 3.44. The largest absolute Gasteiger partial charge is 0.395 e. The number of aliphatic hydroxyl groups is 1. The summed E-state index contributed by atoms with van der Waals surface area (Å²) in [5.41, 5.74) is 3.83. The molecule has 3 N–H and O–H groups in total. The minimum atomic E-state index is 0.182. The fraction of sp³-hybridized carbons (Fsp3) is 0.385. The van der Waals surface area contributed by atoms with E-state index in [0.29, 0.717) is 0 Å². The van der Waals surface area contributed by atoms with E-state index in [0.717, 1.165) is 6.42 Å². The highest BCUT2D eigenvalue weighted by Gasteiger charge is 2.25. The number of H-pyrrole nitrogens is 1. The van der Waals surface area contributed by atoms with Crippen molar-refractivity contribution in [3.8, 4) is 0 Å². The summed E-state index contributed by atoms with van der Waals surface area (Å²) in [5.74, 6) is 0. The first-order valence-corrected chi connectivity index (χ1v) is 5.76. The number of para-hydroxylation sites is 1. The van der Waals surface area contributed by atoms with Crippen molar-refractivity contribution in [3.63, 3.8) is 0 Å². The predicted octanol–water partition coefficient (Wildman–Crippen LogP) is 1.74. The maximum Gasteiger partial charge on any atom is 0.0588 e. The highest BCUT2D eigenvalue weighted by Crippen LogP contribution is 2.31. The van der Waals surface area contributed by atoms with Crippen LogP contribution >= 0.6 is 0 Å². The Morgan fingerprint density at radius 1 is 1.38 bits per heavy atom. The monoisotopic (exact) mass is 216 g/mol. The Kier molecular flexibility index (Phi) is 2.23. The number of benzene rings is 1. The van der Waals surface area contributed by atoms with Crippen LogP contribution < -0.4 is 5.32 Å². The molecule has 1 aliphatic heterocycles. The van der Waals surface area contributed by atoms with Crippen molar-refractivity contribution in [1.82, 2.24) is 10.3 Å². The fourth-order valence-electron chi connectivity index (χ4n) is 2.67. The zero-order valence-electron chi connectivity index (χ0n) is 9.33. The Hall–Kier alpha value is -1.32. The molecule has 0 saturated heterocycles. The molecule has 0 spiro atoms. The number of fused-ring (bicyclic) bond motifs is 3. The number of hydrogen-bond acceptors (Lipinski definition) is 2. The first kappa shape index (κ1) is 9.87. The van der Waals surface area contributed by atoms with E-state index >= 15 is 0 Å². The summed E-state index contributed by atoms with van der Waals surface area (Å²) < 4.78 is 0. The van der Waals surface area contributed by atoms with E-state index < -0.39 is 0 Å². The van der Waals surface area contributed by atoms with Gasteiger partial charge in [-0.15, -0.1) is 0 Å². The van der Waals surface area contributed by atoms with E-state index in [4.69, 9.17) is 0 Å². The molecule has 1 aliphatic rings. The lowest BCUT2D eigenvalue weighted by Crippen LogP contribution is -2.40. The molecule has 3 nitrogen and oxygen atoms in total. The predicted molar refractivity (Wildman–Crippen MR) is 64.4 cm³/mol. The number of aliphatic hydroxyl groups excluding tert-OH is 1. The van der Waals surface area contributed by atoms with Crippen molar-refractivity contribution in [2.75, 3.05) is 6.61 Å². The maximum atomic E-state index is 9.27. The molecule has 1 aromatic carbocycles. The van der Waals surface area contributed by atoms with Crippen LogP contribution in [0.25, 0.3) is 10.9 Å². The van der Waals surface area contributed by atoms with E-state index in [1.165, 1.54) is 22.2 Å². The van der Waals surface area contributed by atoms with Gasteiger partial charge in [0.2, 0.25) is 0 Å². The summed E-state index contributed by atoms with van der Waals surface area (Å²) in [6.07, 6.45) is 0.903. The van der Waals surface area contributed by atoms with Crippen molar-refractivity contribution < 1.29 is 5.11 Å². The molecule has 2 aromatic rings. The first-order chi connectivity index (χ1) is 7.79. The van der Waals surface area contributed by atoms with Gasteiger partial charge in [0.15, 0.2) is 0 Å². The van der Waals surface area contributed by atoms with E-state index in [1.54, 1.807) is 0 Å². The topological polar surface area (TPSA) is 48.0 Å². The van der Waals surface area contributed by atoms with E-state index in [9.17, 15) is 5.11 Å². The quantitative estimate of drug-likeness (QED) is 0.680. The lowest BCUT2D eigenvalue weighted by atomic mass is 9.95. The molecule has 0 radical (unpaired) electrons. The van der Waals surface area contributed by atoms with Crippen molar-refractivity contribution in [2.45, 2.75) is 25.4 Å². The Morgan fingerprint density at radius 3 is 3.00 bits per heavy atom. The molecule has 3 rings (SSSR count). The van der Waals surface area contributed by atoms with E-state index in [-0.39, 0.29) is 18.7 Å². The van der Waals surface area contributed by atoms with Gasteiger partial charge in [0.1, 0.15) is 0 Å². The van der Waals surface area contributed by atoms with Crippen LogP contribution in [0.15, 0.2) is 24.3 Å². The summed E-state index contributed by atoms with van der Waals surface area (Å²) in [4.78, 5) is 3.47. The normalized spacial score (nSPS) is 24.6. The summed E-state index contributed by atoms with van der Waals surface area (Å²) >= 11 is 0. The molecule has 0 aliphatic carbocycles. The van der Waals surface area contributed by atoms with Crippen LogP contribution in [0.4, 0.5) is 0 Å². The minimum absolute atomic E-state index is 0.182. The van der Waals surface area contributed by atoms with Gasteiger partial charge in [0.25, 0.3) is 0 Å². The van der Waals surface area contributed by atoms with Crippen molar-refractivity contribution in [2.24, 2.45) is 0 Å².